The fourth-order valence-electron chi connectivity index (χ4n) is 4.39. The Morgan fingerprint density at radius 2 is 1.77 bits per heavy atom. The monoisotopic (exact) mass is 507 g/mol. The summed E-state index contributed by atoms with van der Waals surface area (Å²) in [5.74, 6) is 1.21. The minimum absolute atomic E-state index is 0.206. The molecule has 2 fully saturated rings. The van der Waals surface area contributed by atoms with Gasteiger partial charge in [-0.2, -0.15) is 0 Å². The summed E-state index contributed by atoms with van der Waals surface area (Å²) >= 11 is 6.48. The molecule has 0 saturated carbocycles. The molecule has 0 N–H and O–H groups in total. The molecule has 0 atom stereocenters. The first-order valence-electron chi connectivity index (χ1n) is 11.3. The van der Waals surface area contributed by atoms with Crippen LogP contribution in [0.4, 0.5) is 11.5 Å². The molecule has 8 nitrogen and oxygen atoms in total. The Bertz CT molecular complexity index is 1430. The summed E-state index contributed by atoms with van der Waals surface area (Å²) in [5.41, 5.74) is 2.75. The van der Waals surface area contributed by atoms with Crippen molar-refractivity contribution in [2.24, 2.45) is 0 Å². The van der Waals surface area contributed by atoms with Gasteiger partial charge in [0, 0.05) is 39.4 Å². The van der Waals surface area contributed by atoms with Crippen LogP contribution in [0.15, 0.2) is 52.3 Å². The summed E-state index contributed by atoms with van der Waals surface area (Å²) in [4.78, 5) is 37.5. The number of pyridine rings is 1. The number of rotatable bonds is 4. The number of carbonyl (C=O) groups excluding carboxylic acids is 1. The topological polar surface area (TPSA) is 70.4 Å². The number of likely N-dealkylation sites (N-methyl/N-ethyl adjacent to an activating group) is 1. The number of para-hydroxylation sites is 2. The van der Waals surface area contributed by atoms with Crippen LogP contribution in [0.3, 0.4) is 0 Å². The third-order valence-corrected chi connectivity index (χ3v) is 7.82. The summed E-state index contributed by atoms with van der Waals surface area (Å²) in [6.45, 7) is 4.76. The Kier molecular flexibility index (Phi) is 6.24. The molecule has 5 rings (SSSR count). The fourth-order valence-corrected chi connectivity index (χ4v) is 5.56. The molecule has 180 valence electrons. The number of thiocarbonyl (C=S) groups is 1. The van der Waals surface area contributed by atoms with Crippen LogP contribution in [-0.4, -0.2) is 64.8 Å². The Labute approximate surface area is 212 Å². The Morgan fingerprint density at radius 3 is 2.46 bits per heavy atom. The predicted molar refractivity (Wildman–Crippen MR) is 145 cm³/mol. The second kappa shape index (κ2) is 9.35. The molecule has 3 aromatic rings. The summed E-state index contributed by atoms with van der Waals surface area (Å²) in [7, 11) is 3.32. The zero-order valence-electron chi connectivity index (χ0n) is 19.7. The highest BCUT2D eigenvalue weighted by Gasteiger charge is 2.31. The average molecular weight is 508 g/mol. The molecule has 2 aliphatic rings. The molecule has 2 saturated heterocycles. The summed E-state index contributed by atoms with van der Waals surface area (Å²) in [6, 6.07) is 11.7. The van der Waals surface area contributed by atoms with E-state index in [1.54, 1.807) is 30.8 Å². The average Bonchev–Trinajstić information content (AvgIpc) is 3.12. The van der Waals surface area contributed by atoms with Gasteiger partial charge in [-0.15, -0.1) is 0 Å². The zero-order chi connectivity index (χ0) is 24.7. The van der Waals surface area contributed by atoms with Gasteiger partial charge in [0.1, 0.15) is 21.5 Å². The second-order valence-electron chi connectivity index (χ2n) is 8.43. The molecule has 0 bridgehead atoms. The normalized spacial score (nSPS) is 17.7. The van der Waals surface area contributed by atoms with Gasteiger partial charge in [-0.1, -0.05) is 42.2 Å². The largest absolute Gasteiger partial charge is 0.495 e. The lowest BCUT2D eigenvalue weighted by Gasteiger charge is -2.37. The lowest BCUT2D eigenvalue weighted by molar-refractivity contribution is -0.121. The number of benzene rings is 1. The number of piperazine rings is 1. The molecule has 2 aliphatic heterocycles. The number of anilines is 2. The quantitative estimate of drug-likeness (QED) is 0.394. The van der Waals surface area contributed by atoms with Crippen molar-refractivity contribution in [3.63, 3.8) is 0 Å². The molecule has 10 heteroatoms. The number of methoxy groups -OCH3 is 1. The van der Waals surface area contributed by atoms with E-state index < -0.39 is 0 Å². The number of thioether (sulfide) groups is 1. The molecular formula is C25H25N5O3S2. The van der Waals surface area contributed by atoms with E-state index in [1.165, 1.54) is 16.7 Å². The van der Waals surface area contributed by atoms with Crippen molar-refractivity contribution < 1.29 is 9.53 Å². The number of carbonyl (C=O) groups is 1. The van der Waals surface area contributed by atoms with Gasteiger partial charge in [0.15, 0.2) is 0 Å². The minimum Gasteiger partial charge on any atom is -0.495 e. The highest BCUT2D eigenvalue weighted by atomic mass is 32.2. The van der Waals surface area contributed by atoms with Gasteiger partial charge in [-0.3, -0.25) is 18.9 Å². The van der Waals surface area contributed by atoms with Gasteiger partial charge in [0.05, 0.1) is 23.3 Å². The fraction of sp³-hybridized carbons (Fsp3) is 0.280. The summed E-state index contributed by atoms with van der Waals surface area (Å²) in [5, 5.41) is 0. The zero-order valence-corrected chi connectivity index (χ0v) is 21.4. The van der Waals surface area contributed by atoms with Crippen LogP contribution in [0.25, 0.3) is 11.7 Å². The number of aryl methyl sites for hydroxylation is 1. The SMILES string of the molecule is COc1ccccc1N1CCN(c2nc3c(C)cccn3c(=O)c2/C=C2\SC(=S)N(C)C2=O)CC1. The van der Waals surface area contributed by atoms with Gasteiger partial charge in [-0.25, -0.2) is 4.98 Å². The number of hydrogen-bond acceptors (Lipinski definition) is 8. The molecule has 0 aliphatic carbocycles. The summed E-state index contributed by atoms with van der Waals surface area (Å²) < 4.78 is 7.55. The molecule has 35 heavy (non-hydrogen) atoms. The molecule has 1 amide bonds. The predicted octanol–water partition coefficient (Wildman–Crippen LogP) is 3.17. The molecule has 0 radical (unpaired) electrons. The van der Waals surface area contributed by atoms with Gasteiger partial charge in [0.2, 0.25) is 0 Å². The van der Waals surface area contributed by atoms with Crippen LogP contribution in [0.5, 0.6) is 5.75 Å². The van der Waals surface area contributed by atoms with Gasteiger partial charge >= 0.3 is 0 Å². The van der Waals surface area contributed by atoms with E-state index in [0.717, 1.165) is 30.1 Å². The Morgan fingerprint density at radius 1 is 1.06 bits per heavy atom. The van der Waals surface area contributed by atoms with Crippen molar-refractivity contribution in [3.8, 4) is 5.75 Å². The second-order valence-corrected chi connectivity index (χ2v) is 10.1. The number of hydrogen-bond donors (Lipinski definition) is 0. The maximum Gasteiger partial charge on any atom is 0.267 e. The molecule has 4 heterocycles. The number of amides is 1. The summed E-state index contributed by atoms with van der Waals surface area (Å²) in [6.07, 6.45) is 3.36. The van der Waals surface area contributed by atoms with Gasteiger partial charge < -0.3 is 14.5 Å². The molecular weight excluding hydrogens is 482 g/mol. The van der Waals surface area contributed by atoms with Crippen LogP contribution in [0.2, 0.25) is 0 Å². The standard InChI is InChI=1S/C25H25N5O3S2/c1-16-7-6-10-30-21(16)26-22(17(23(30)31)15-20-24(32)27(2)25(34)35-20)29-13-11-28(12-14-29)18-8-4-5-9-19(18)33-3/h4-10,15H,11-14H2,1-3H3/b20-15-. The van der Waals surface area contributed by atoms with E-state index in [-0.39, 0.29) is 11.5 Å². The van der Waals surface area contributed by atoms with Crippen molar-refractivity contribution in [1.82, 2.24) is 14.3 Å². The third-order valence-electron chi connectivity index (χ3n) is 6.33. The van der Waals surface area contributed by atoms with E-state index in [0.29, 0.717) is 39.3 Å². The van der Waals surface area contributed by atoms with E-state index in [9.17, 15) is 9.59 Å². The lowest BCUT2D eigenvalue weighted by atomic mass is 10.2. The van der Waals surface area contributed by atoms with E-state index in [4.69, 9.17) is 21.9 Å². The van der Waals surface area contributed by atoms with Crippen molar-refractivity contribution in [3.05, 3.63) is 69.0 Å². The van der Waals surface area contributed by atoms with Gasteiger partial charge in [-0.05, 0) is 36.8 Å². The maximum atomic E-state index is 13.6. The first-order chi connectivity index (χ1) is 16.9. The van der Waals surface area contributed by atoms with Crippen LogP contribution >= 0.6 is 24.0 Å². The van der Waals surface area contributed by atoms with Crippen molar-refractivity contribution in [1.29, 1.82) is 0 Å². The lowest BCUT2D eigenvalue weighted by Crippen LogP contribution is -2.47. The third kappa shape index (κ3) is 4.17. The number of ether oxygens (including phenoxy) is 1. The Hall–Kier alpha value is -3.37. The number of aromatic nitrogens is 2. The molecule has 0 unspecified atom stereocenters. The van der Waals surface area contributed by atoms with Crippen LogP contribution in [0.1, 0.15) is 11.1 Å². The minimum atomic E-state index is -0.208. The van der Waals surface area contributed by atoms with Crippen LogP contribution < -0.4 is 20.1 Å². The van der Waals surface area contributed by atoms with Crippen molar-refractivity contribution in [2.75, 3.05) is 50.1 Å². The number of nitrogens with zero attached hydrogens (tertiary/aromatic N) is 5. The number of fused-ring (bicyclic) bond motifs is 1. The highest BCUT2D eigenvalue weighted by Crippen LogP contribution is 2.33. The van der Waals surface area contributed by atoms with E-state index >= 15 is 0 Å². The molecule has 0 spiro atoms. The maximum absolute atomic E-state index is 13.6. The van der Waals surface area contributed by atoms with E-state index in [2.05, 4.69) is 15.9 Å². The van der Waals surface area contributed by atoms with Gasteiger partial charge in [0.25, 0.3) is 11.5 Å². The smallest absolute Gasteiger partial charge is 0.267 e. The van der Waals surface area contributed by atoms with E-state index in [1.807, 2.05) is 37.3 Å². The Balaban J connectivity index is 1.55. The molecule has 2 aromatic heterocycles. The van der Waals surface area contributed by atoms with Crippen LogP contribution in [-0.2, 0) is 4.79 Å². The first-order valence-corrected chi connectivity index (χ1v) is 12.5. The highest BCUT2D eigenvalue weighted by molar-refractivity contribution is 8.26. The molecule has 1 aromatic carbocycles. The van der Waals surface area contributed by atoms with Crippen molar-refractivity contribution in [2.45, 2.75) is 6.92 Å². The first kappa shape index (κ1) is 23.4. The van der Waals surface area contributed by atoms with Crippen molar-refractivity contribution >= 4 is 57.4 Å². The van der Waals surface area contributed by atoms with Crippen LogP contribution in [0, 0.1) is 6.92 Å².